The van der Waals surface area contributed by atoms with Gasteiger partial charge in [-0.3, -0.25) is 0 Å². The summed E-state index contributed by atoms with van der Waals surface area (Å²) >= 11 is 25.7. The van der Waals surface area contributed by atoms with Gasteiger partial charge in [-0.15, -0.1) is 0 Å². The summed E-state index contributed by atoms with van der Waals surface area (Å²) in [7, 11) is -1.94. The molecule has 4 nitrogen and oxygen atoms in total. The number of alkyl halides is 4. The number of nitrogens with zero attached hydrogens (tertiary/aromatic N) is 3. The third-order valence-corrected chi connectivity index (χ3v) is 432. The first-order valence-electron chi connectivity index (χ1n) is 7.48. The van der Waals surface area contributed by atoms with Crippen molar-refractivity contribution in [3.63, 3.8) is 0 Å². The maximum atomic E-state index is 5.22. The average Bonchev–Trinajstić information content (AvgIpc) is 3.03. The van der Waals surface area contributed by atoms with E-state index in [0.717, 1.165) is 0 Å². The number of rotatable bonds is 9. The number of imidazole rings is 1. The molecule has 0 saturated carbocycles. The van der Waals surface area contributed by atoms with Gasteiger partial charge in [0.2, 0.25) is 0 Å². The van der Waals surface area contributed by atoms with Gasteiger partial charge in [-0.05, 0) is 0 Å². The van der Waals surface area contributed by atoms with Crippen molar-refractivity contribution in [1.82, 2.24) is 14.6 Å². The Hall–Kier alpha value is 12.1. The molecule has 202 valence electrons. The molecule has 1 aliphatic rings. The van der Waals surface area contributed by atoms with Crippen molar-refractivity contribution in [3.8, 4) is 0 Å². The van der Waals surface area contributed by atoms with E-state index in [1.165, 1.54) is 17.3 Å². The SMILES string of the molecule is Cc1nc2n(c1C)C(I(I)I(I)I)(I(I)I(I)[I-]I)C(I(I)I)(I(I)[I-]I)N(C(C)C)N2. The van der Waals surface area contributed by atoms with Crippen LogP contribution in [0.15, 0.2) is 0 Å². The number of aryl methyl sites for hydroxylation is 1. The molecular formula is C10H14I18N4-2. The number of hydrazine groups is 1. The van der Waals surface area contributed by atoms with E-state index in [1.807, 2.05) is 0 Å². The quantitative estimate of drug-likeness (QED) is 0.152. The van der Waals surface area contributed by atoms with Crippen LogP contribution in [0.5, 0.6) is 0 Å². The molecule has 1 N–H and O–H groups in total. The van der Waals surface area contributed by atoms with E-state index in [0.29, 0.717) is 22.4 Å². The number of aromatic nitrogens is 2. The molecule has 32 heavy (non-hydrogen) atoms. The van der Waals surface area contributed by atoms with Crippen molar-refractivity contribution in [2.45, 2.75) is 36.8 Å². The van der Waals surface area contributed by atoms with Gasteiger partial charge < -0.3 is 0 Å². The predicted octanol–water partition coefficient (Wildman–Crippen LogP) is 9.19. The van der Waals surface area contributed by atoms with Crippen LogP contribution in [0.3, 0.4) is 0 Å². The second-order valence-corrected chi connectivity index (χ2v) is 236. The monoisotopic (exact) mass is 2470 g/mol. The van der Waals surface area contributed by atoms with Crippen LogP contribution in [0.25, 0.3) is 0 Å². The molecule has 0 amide bonds. The van der Waals surface area contributed by atoms with Crippen molar-refractivity contribution in [3.05, 3.63) is 11.4 Å². The Bertz CT molecular complexity index is 790. The number of hydrogen-bond donors (Lipinski definition) is 1. The summed E-state index contributed by atoms with van der Waals surface area (Å²) in [6.45, 7) is 9.58. The van der Waals surface area contributed by atoms with Crippen LogP contribution in [0.2, 0.25) is 0 Å². The molecule has 1 aromatic heterocycles. The third-order valence-electron chi connectivity index (χ3n) is 4.06. The molecular weight excluding hydrogens is 2460 g/mol. The van der Waals surface area contributed by atoms with E-state index in [1.54, 1.807) is 0 Å². The maximum absolute atomic E-state index is 5.22. The molecule has 0 spiro atoms. The third kappa shape index (κ3) is 8.21. The minimum atomic E-state index is -1.34. The normalized spacial score (nSPS) is 26.6. The topological polar surface area (TPSA) is 33.1 Å². The summed E-state index contributed by atoms with van der Waals surface area (Å²) in [4.78, 5) is 5.22. The second kappa shape index (κ2) is 18.6. The number of halogens is 18. The van der Waals surface area contributed by atoms with Crippen LogP contribution in [0, 0.1) is 13.8 Å². The van der Waals surface area contributed by atoms with Crippen LogP contribution in [0.1, 0.15) is 25.2 Å². The zero-order valence-electron chi connectivity index (χ0n) is 15.7. The van der Waals surface area contributed by atoms with Crippen LogP contribution in [-0.4, -0.2) is 22.2 Å². The molecule has 1 aromatic rings. The fourth-order valence-corrected chi connectivity index (χ4v) is 521. The van der Waals surface area contributed by atoms with Crippen LogP contribution in [0.4, 0.5) is 5.95 Å². The molecule has 0 fully saturated rings. The van der Waals surface area contributed by atoms with Crippen molar-refractivity contribution in [2.75, 3.05) is 5.43 Å². The van der Waals surface area contributed by atoms with Gasteiger partial charge in [-0.2, -0.15) is 0 Å². The van der Waals surface area contributed by atoms with Crippen molar-refractivity contribution in [1.29, 1.82) is 0 Å². The Labute approximate surface area is 336 Å². The molecule has 0 aliphatic carbocycles. The average molecular weight is 2470 g/mol. The fraction of sp³-hybridized carbons (Fsp3) is 0.700. The molecule has 0 saturated heterocycles. The standard InChI is InChI=1S/C10H14I18N4/c1-5(2)32-9(23(13)14,24(15)21-11)10(25(16)27(18)19,26(17)28(20)22-12)31-7(4)6(3)29-8(31)30-32/h5H,1-4H3,(H,29,30)/q-2. The van der Waals surface area contributed by atoms with Gasteiger partial charge in [0.25, 0.3) is 0 Å². The molecule has 2 heterocycles. The number of anilines is 1. The summed E-state index contributed by atoms with van der Waals surface area (Å²) in [5, 5.41) is 2.90. The van der Waals surface area contributed by atoms with E-state index < -0.39 is 63.3 Å². The van der Waals surface area contributed by atoms with E-state index >= 15 is 0 Å². The fourth-order valence-electron chi connectivity index (χ4n) is 2.83. The summed E-state index contributed by atoms with van der Waals surface area (Å²) < 4.78 is 3.90. The number of fused-ring (bicyclic) bond motifs is 1. The first kappa shape index (κ1) is 40.3. The molecule has 22 heteroatoms. The van der Waals surface area contributed by atoms with Crippen molar-refractivity contribution in [2.24, 2.45) is 0 Å². The first-order chi connectivity index (χ1) is 14.8. The van der Waals surface area contributed by atoms with Gasteiger partial charge in [-0.1, -0.05) is 0 Å². The van der Waals surface area contributed by atoms with Crippen LogP contribution < -0.4 is 31.9 Å². The summed E-state index contributed by atoms with van der Waals surface area (Å²) in [5.74, 6) is 1.21. The zero-order valence-corrected chi connectivity index (χ0v) is 54.6. The number of nitrogens with one attached hydrogen (secondary N) is 1. The van der Waals surface area contributed by atoms with Gasteiger partial charge in [0.1, 0.15) is 0 Å². The Morgan fingerprint density at radius 3 is 1.88 bits per heavy atom. The predicted molar refractivity (Wildman–Crippen MR) is 277 cm³/mol. The Morgan fingerprint density at radius 2 is 1.47 bits per heavy atom. The van der Waals surface area contributed by atoms with E-state index in [2.05, 4.69) is 229 Å². The second-order valence-electron chi connectivity index (χ2n) is 5.82. The van der Waals surface area contributed by atoms with Crippen molar-refractivity contribution >= 4 is 255 Å². The van der Waals surface area contributed by atoms with Gasteiger partial charge >= 0.3 is 350 Å². The minimum absolute atomic E-state index is 0.241. The van der Waals surface area contributed by atoms with Crippen LogP contribution >= 0.6 is 249 Å². The van der Waals surface area contributed by atoms with Gasteiger partial charge in [-0.25, -0.2) is 0 Å². The summed E-state index contributed by atoms with van der Waals surface area (Å²) in [6.07, 6.45) is 0. The Kier molecular flexibility index (Phi) is 23.4. The summed E-state index contributed by atoms with van der Waals surface area (Å²) in [5.41, 5.74) is 6.80. The molecule has 2 rings (SSSR count). The number of hydrogen-bond acceptors (Lipinski definition) is 3. The molecule has 0 radical (unpaired) electrons. The van der Waals surface area contributed by atoms with E-state index in [4.69, 9.17) is 4.98 Å². The summed E-state index contributed by atoms with van der Waals surface area (Å²) in [6, 6.07) is 0.518. The molecule has 0 aromatic carbocycles. The van der Waals surface area contributed by atoms with E-state index in [9.17, 15) is 0 Å². The van der Waals surface area contributed by atoms with E-state index in [-0.39, 0.29) is 13.3 Å². The van der Waals surface area contributed by atoms with Gasteiger partial charge in [0.15, 0.2) is 0 Å². The van der Waals surface area contributed by atoms with Crippen molar-refractivity contribution < 1.29 is 26.5 Å². The first-order valence-corrected chi connectivity index (χ1v) is 99.8. The molecule has 1 aliphatic heterocycles. The van der Waals surface area contributed by atoms with Gasteiger partial charge in [0.05, 0.1) is 0 Å². The van der Waals surface area contributed by atoms with Crippen LogP contribution in [-0.2, 0) is 1.55 Å². The zero-order chi connectivity index (χ0) is 24.8. The molecule has 0 bridgehead atoms. The van der Waals surface area contributed by atoms with Gasteiger partial charge in [0, 0.05) is 0 Å². The molecule has 2 atom stereocenters. The Morgan fingerprint density at radius 1 is 0.906 bits per heavy atom. The molecule has 2 unspecified atom stereocenters. The Balaban J connectivity index is 3.22.